The lowest BCUT2D eigenvalue weighted by molar-refractivity contribution is 0.217. The fourth-order valence-electron chi connectivity index (χ4n) is 3.39. The van der Waals surface area contributed by atoms with Crippen molar-refractivity contribution in [3.05, 3.63) is 120 Å². The van der Waals surface area contributed by atoms with Crippen molar-refractivity contribution in [2.45, 2.75) is 13.0 Å². The molecule has 0 aliphatic rings. The number of hydrogen-bond acceptors (Lipinski definition) is 4. The Balaban J connectivity index is 1.18. The van der Waals surface area contributed by atoms with Crippen LogP contribution >= 0.6 is 0 Å². The molecule has 0 heterocycles. The Hall–Kier alpha value is -3.92. The summed E-state index contributed by atoms with van der Waals surface area (Å²) < 4.78 is 17.4. The Labute approximate surface area is 195 Å². The molecule has 0 spiro atoms. The van der Waals surface area contributed by atoms with Crippen molar-refractivity contribution in [1.29, 1.82) is 0 Å². The highest BCUT2D eigenvalue weighted by molar-refractivity contribution is 5.47. The second kappa shape index (κ2) is 12.2. The molecule has 0 atom stereocenters. The first kappa shape index (κ1) is 22.3. The summed E-state index contributed by atoms with van der Waals surface area (Å²) in [5.74, 6) is 2.57. The topological polar surface area (TPSA) is 39.7 Å². The molecule has 4 aromatic carbocycles. The van der Waals surface area contributed by atoms with Gasteiger partial charge in [-0.3, -0.25) is 0 Å². The average Bonchev–Trinajstić information content (AvgIpc) is 2.88. The molecule has 0 aliphatic carbocycles. The van der Waals surface area contributed by atoms with E-state index in [4.69, 9.17) is 14.2 Å². The minimum absolute atomic E-state index is 0.498. The smallest absolute Gasteiger partial charge is 0.122 e. The summed E-state index contributed by atoms with van der Waals surface area (Å²) in [5.41, 5.74) is 3.48. The predicted octanol–water partition coefficient (Wildman–Crippen LogP) is 6.38. The molecule has 0 amide bonds. The van der Waals surface area contributed by atoms with Crippen LogP contribution in [0.5, 0.6) is 17.2 Å². The summed E-state index contributed by atoms with van der Waals surface area (Å²) in [6, 6.07) is 36.3. The maximum absolute atomic E-state index is 5.86. The second-order valence-corrected chi connectivity index (χ2v) is 7.62. The maximum atomic E-state index is 5.86. The highest BCUT2D eigenvalue weighted by Gasteiger charge is 2.00. The number of anilines is 1. The van der Waals surface area contributed by atoms with Crippen LogP contribution in [-0.4, -0.2) is 19.8 Å². The van der Waals surface area contributed by atoms with Gasteiger partial charge in [-0.1, -0.05) is 60.7 Å². The molecule has 0 aliphatic heterocycles. The highest BCUT2D eigenvalue weighted by Crippen LogP contribution is 2.19. The minimum Gasteiger partial charge on any atom is -0.493 e. The molecule has 4 aromatic rings. The third-order valence-electron chi connectivity index (χ3n) is 5.12. The zero-order valence-electron chi connectivity index (χ0n) is 18.7. The van der Waals surface area contributed by atoms with Gasteiger partial charge in [0.1, 0.15) is 30.5 Å². The van der Waals surface area contributed by atoms with Crippen LogP contribution in [0.1, 0.15) is 11.1 Å². The van der Waals surface area contributed by atoms with Crippen LogP contribution in [0.25, 0.3) is 0 Å². The predicted molar refractivity (Wildman–Crippen MR) is 133 cm³/mol. The molecular formula is C29H29NO3. The Morgan fingerprint density at radius 2 is 1.06 bits per heavy atom. The standard InChI is InChI=1S/C29H29NO3/c1-3-8-24(9-4-1)18-19-31-28-16-14-26(15-17-28)30-23-25-10-7-13-29(22-25)33-21-20-32-27-11-5-2-6-12-27/h1-17,22,30H,18-21,23H2. The van der Waals surface area contributed by atoms with Crippen molar-refractivity contribution >= 4 is 5.69 Å². The molecule has 0 saturated carbocycles. The number of hydrogen-bond donors (Lipinski definition) is 1. The summed E-state index contributed by atoms with van der Waals surface area (Å²) in [6.45, 7) is 2.38. The van der Waals surface area contributed by atoms with Crippen LogP contribution in [0.15, 0.2) is 109 Å². The van der Waals surface area contributed by atoms with E-state index in [9.17, 15) is 0 Å². The van der Waals surface area contributed by atoms with Gasteiger partial charge in [0.15, 0.2) is 0 Å². The molecule has 0 radical (unpaired) electrons. The molecule has 4 nitrogen and oxygen atoms in total. The summed E-state index contributed by atoms with van der Waals surface area (Å²) in [6.07, 6.45) is 0.900. The SMILES string of the molecule is c1ccc(CCOc2ccc(NCc3cccc(OCCOc4ccccc4)c3)cc2)cc1. The van der Waals surface area contributed by atoms with Crippen LogP contribution < -0.4 is 19.5 Å². The summed E-state index contributed by atoms with van der Waals surface area (Å²) in [5, 5.41) is 3.45. The van der Waals surface area contributed by atoms with Crippen LogP contribution in [0.3, 0.4) is 0 Å². The van der Waals surface area contributed by atoms with Crippen molar-refractivity contribution < 1.29 is 14.2 Å². The Morgan fingerprint density at radius 1 is 0.485 bits per heavy atom. The van der Waals surface area contributed by atoms with E-state index in [0.717, 1.165) is 34.9 Å². The van der Waals surface area contributed by atoms with Crippen LogP contribution in [0.2, 0.25) is 0 Å². The molecule has 33 heavy (non-hydrogen) atoms. The second-order valence-electron chi connectivity index (χ2n) is 7.62. The lowest BCUT2D eigenvalue weighted by atomic mass is 10.2. The fraction of sp³-hybridized carbons (Fsp3) is 0.172. The minimum atomic E-state index is 0.498. The van der Waals surface area contributed by atoms with E-state index in [0.29, 0.717) is 26.4 Å². The van der Waals surface area contributed by atoms with Gasteiger partial charge >= 0.3 is 0 Å². The first-order chi connectivity index (χ1) is 16.3. The van der Waals surface area contributed by atoms with Gasteiger partial charge in [0.25, 0.3) is 0 Å². The number of ether oxygens (including phenoxy) is 3. The van der Waals surface area contributed by atoms with Crippen molar-refractivity contribution in [2.24, 2.45) is 0 Å². The molecule has 0 unspecified atom stereocenters. The van der Waals surface area contributed by atoms with Crippen molar-refractivity contribution in [1.82, 2.24) is 0 Å². The number of para-hydroxylation sites is 1. The van der Waals surface area contributed by atoms with E-state index in [1.807, 2.05) is 72.8 Å². The molecule has 4 rings (SSSR count). The van der Waals surface area contributed by atoms with Crippen molar-refractivity contribution in [3.63, 3.8) is 0 Å². The van der Waals surface area contributed by atoms with E-state index in [1.54, 1.807) is 0 Å². The van der Waals surface area contributed by atoms with Gasteiger partial charge in [0, 0.05) is 18.7 Å². The lowest BCUT2D eigenvalue weighted by Gasteiger charge is -2.11. The monoisotopic (exact) mass is 439 g/mol. The van der Waals surface area contributed by atoms with Gasteiger partial charge in [0.2, 0.25) is 0 Å². The maximum Gasteiger partial charge on any atom is 0.122 e. The quantitative estimate of drug-likeness (QED) is 0.260. The van der Waals surface area contributed by atoms with Gasteiger partial charge < -0.3 is 19.5 Å². The van der Waals surface area contributed by atoms with Crippen molar-refractivity contribution in [2.75, 3.05) is 25.1 Å². The molecule has 4 heteroatoms. The summed E-state index contributed by atoms with van der Waals surface area (Å²) >= 11 is 0. The fourth-order valence-corrected chi connectivity index (χ4v) is 3.39. The van der Waals surface area contributed by atoms with Gasteiger partial charge in [-0.25, -0.2) is 0 Å². The summed E-state index contributed by atoms with van der Waals surface area (Å²) in [4.78, 5) is 0. The number of rotatable bonds is 12. The molecule has 0 aromatic heterocycles. The average molecular weight is 440 g/mol. The van der Waals surface area contributed by atoms with Crippen LogP contribution in [0.4, 0.5) is 5.69 Å². The number of benzene rings is 4. The van der Waals surface area contributed by atoms with E-state index in [-0.39, 0.29) is 0 Å². The molecule has 0 saturated heterocycles. The van der Waals surface area contributed by atoms with E-state index >= 15 is 0 Å². The molecule has 1 N–H and O–H groups in total. The Bertz CT molecular complexity index is 1080. The first-order valence-electron chi connectivity index (χ1n) is 11.3. The first-order valence-corrected chi connectivity index (χ1v) is 11.3. The molecule has 0 bridgehead atoms. The largest absolute Gasteiger partial charge is 0.493 e. The molecular weight excluding hydrogens is 410 g/mol. The number of nitrogens with one attached hydrogen (secondary N) is 1. The Morgan fingerprint density at radius 3 is 1.82 bits per heavy atom. The van der Waals surface area contributed by atoms with Gasteiger partial charge in [0.05, 0.1) is 6.61 Å². The molecule has 0 fully saturated rings. The zero-order valence-corrected chi connectivity index (χ0v) is 18.7. The highest BCUT2D eigenvalue weighted by atomic mass is 16.5. The third kappa shape index (κ3) is 7.62. The normalized spacial score (nSPS) is 10.4. The van der Waals surface area contributed by atoms with Gasteiger partial charge in [-0.05, 0) is 59.7 Å². The van der Waals surface area contributed by atoms with Crippen LogP contribution in [-0.2, 0) is 13.0 Å². The van der Waals surface area contributed by atoms with Crippen LogP contribution in [0, 0.1) is 0 Å². The Kier molecular flexibility index (Phi) is 8.24. The summed E-state index contributed by atoms with van der Waals surface area (Å²) in [7, 11) is 0. The van der Waals surface area contributed by atoms with Crippen molar-refractivity contribution in [3.8, 4) is 17.2 Å². The third-order valence-corrected chi connectivity index (χ3v) is 5.12. The zero-order chi connectivity index (χ0) is 22.6. The van der Waals surface area contributed by atoms with E-state index in [2.05, 4.69) is 41.7 Å². The lowest BCUT2D eigenvalue weighted by Crippen LogP contribution is -2.09. The van der Waals surface area contributed by atoms with Gasteiger partial charge in [-0.2, -0.15) is 0 Å². The molecule has 168 valence electrons. The van der Waals surface area contributed by atoms with E-state index < -0.39 is 0 Å². The van der Waals surface area contributed by atoms with E-state index in [1.165, 1.54) is 5.56 Å². The van der Waals surface area contributed by atoms with Gasteiger partial charge in [-0.15, -0.1) is 0 Å².